The van der Waals surface area contributed by atoms with Crippen LogP contribution in [0.2, 0.25) is 5.02 Å². The summed E-state index contributed by atoms with van der Waals surface area (Å²) in [6, 6.07) is 6.02. The molecule has 1 aliphatic heterocycles. The van der Waals surface area contributed by atoms with Gasteiger partial charge < -0.3 is 15.0 Å². The summed E-state index contributed by atoms with van der Waals surface area (Å²) >= 11 is 7.41. The summed E-state index contributed by atoms with van der Waals surface area (Å²) in [6.45, 7) is 3.18. The zero-order chi connectivity index (χ0) is 22.4. The predicted molar refractivity (Wildman–Crippen MR) is 118 cm³/mol. The normalized spacial score (nSPS) is 13.4. The van der Waals surface area contributed by atoms with Crippen LogP contribution in [-0.2, 0) is 4.74 Å². The zero-order valence-corrected chi connectivity index (χ0v) is 18.5. The molecule has 164 valence electrons. The maximum absolute atomic E-state index is 12.7. The van der Waals surface area contributed by atoms with Crippen LogP contribution in [0.4, 0.5) is 9.80 Å². The second kappa shape index (κ2) is 10.4. The Kier molecular flexibility index (Phi) is 7.64. The molecule has 0 aliphatic carbocycles. The van der Waals surface area contributed by atoms with Crippen LogP contribution < -0.4 is 10.6 Å². The highest BCUT2D eigenvalue weighted by atomic mass is 35.5. The van der Waals surface area contributed by atoms with Crippen molar-refractivity contribution in [3.8, 4) is 0 Å². The lowest BCUT2D eigenvalue weighted by Gasteiger charge is -2.26. The number of carbonyl (C=O) groups excluding carboxylic acids is 4. The highest BCUT2D eigenvalue weighted by Gasteiger charge is 2.22. The standard InChI is InChI=1S/C21H22ClN3O5S/c1-2-30-21(29)24-18(27)15-8-11-31-19(15)23-17(26)14-7-6-13(12-16(14)22)20(28)25-9-4-3-5-10-25/h6-8,11-12H,2-5,9-10H2,1H3,(H,23,26)(H,24,27,29). The van der Waals surface area contributed by atoms with E-state index in [1.807, 2.05) is 0 Å². The summed E-state index contributed by atoms with van der Waals surface area (Å²) in [7, 11) is 0. The average molecular weight is 464 g/mol. The number of carbonyl (C=O) groups is 4. The fraction of sp³-hybridized carbons (Fsp3) is 0.333. The summed E-state index contributed by atoms with van der Waals surface area (Å²) in [6.07, 6.45) is 2.21. The van der Waals surface area contributed by atoms with Gasteiger partial charge in [0, 0.05) is 18.7 Å². The van der Waals surface area contributed by atoms with E-state index < -0.39 is 17.9 Å². The molecule has 1 aromatic carbocycles. The molecule has 31 heavy (non-hydrogen) atoms. The number of hydrogen-bond donors (Lipinski definition) is 2. The number of ether oxygens (including phenoxy) is 1. The summed E-state index contributed by atoms with van der Waals surface area (Å²) < 4.78 is 4.69. The van der Waals surface area contributed by atoms with Crippen LogP contribution in [0, 0.1) is 0 Å². The second-order valence-corrected chi connectivity index (χ2v) is 8.16. The molecule has 1 saturated heterocycles. The SMILES string of the molecule is CCOC(=O)NC(=O)c1ccsc1NC(=O)c1ccc(C(=O)N2CCCCC2)cc1Cl. The average Bonchev–Trinajstić information content (AvgIpc) is 3.22. The minimum Gasteiger partial charge on any atom is -0.450 e. The molecule has 2 N–H and O–H groups in total. The third-order valence-corrected chi connectivity index (χ3v) is 5.87. The fourth-order valence-corrected chi connectivity index (χ4v) is 4.24. The van der Waals surface area contributed by atoms with Gasteiger partial charge in [0.2, 0.25) is 0 Å². The molecule has 0 spiro atoms. The van der Waals surface area contributed by atoms with E-state index in [2.05, 4.69) is 15.4 Å². The van der Waals surface area contributed by atoms with Gasteiger partial charge in [0.25, 0.3) is 17.7 Å². The van der Waals surface area contributed by atoms with E-state index in [1.165, 1.54) is 18.2 Å². The molecule has 0 unspecified atom stereocenters. The number of likely N-dealkylation sites (tertiary alicyclic amines) is 1. The van der Waals surface area contributed by atoms with Crippen LogP contribution in [0.15, 0.2) is 29.6 Å². The lowest BCUT2D eigenvalue weighted by atomic mass is 10.1. The van der Waals surface area contributed by atoms with Crippen LogP contribution in [0.5, 0.6) is 0 Å². The number of benzene rings is 1. The van der Waals surface area contributed by atoms with Gasteiger partial charge >= 0.3 is 6.09 Å². The molecular formula is C21H22ClN3O5S. The van der Waals surface area contributed by atoms with E-state index >= 15 is 0 Å². The van der Waals surface area contributed by atoms with Crippen molar-refractivity contribution in [2.75, 3.05) is 25.0 Å². The third-order valence-electron chi connectivity index (χ3n) is 4.73. The number of nitrogens with zero attached hydrogens (tertiary/aromatic N) is 1. The Morgan fingerprint density at radius 1 is 1.06 bits per heavy atom. The molecule has 4 amide bonds. The number of rotatable bonds is 5. The van der Waals surface area contributed by atoms with Crippen molar-refractivity contribution in [1.82, 2.24) is 10.2 Å². The minimum atomic E-state index is -0.868. The largest absolute Gasteiger partial charge is 0.450 e. The first-order valence-electron chi connectivity index (χ1n) is 9.86. The lowest BCUT2D eigenvalue weighted by molar-refractivity contribution is 0.0723. The van der Waals surface area contributed by atoms with Gasteiger partial charge in [-0.3, -0.25) is 19.7 Å². The molecule has 0 saturated carbocycles. The number of piperidine rings is 1. The maximum Gasteiger partial charge on any atom is 0.414 e. The molecule has 2 heterocycles. The first-order chi connectivity index (χ1) is 14.9. The van der Waals surface area contributed by atoms with Gasteiger partial charge in [0.1, 0.15) is 5.00 Å². The first kappa shape index (κ1) is 22.8. The van der Waals surface area contributed by atoms with Gasteiger partial charge in [-0.1, -0.05) is 11.6 Å². The predicted octanol–water partition coefficient (Wildman–Crippen LogP) is 4.17. The molecule has 0 atom stereocenters. The van der Waals surface area contributed by atoms with E-state index in [0.717, 1.165) is 30.6 Å². The molecule has 1 aliphatic rings. The molecule has 8 nitrogen and oxygen atoms in total. The Morgan fingerprint density at radius 3 is 2.48 bits per heavy atom. The second-order valence-electron chi connectivity index (χ2n) is 6.84. The number of thiophene rings is 1. The molecule has 0 bridgehead atoms. The van der Waals surface area contributed by atoms with E-state index in [-0.39, 0.29) is 33.7 Å². The monoisotopic (exact) mass is 463 g/mol. The van der Waals surface area contributed by atoms with Crippen molar-refractivity contribution in [1.29, 1.82) is 0 Å². The highest BCUT2D eigenvalue weighted by molar-refractivity contribution is 7.14. The fourth-order valence-electron chi connectivity index (χ4n) is 3.19. The number of hydrogen-bond acceptors (Lipinski definition) is 6. The summed E-state index contributed by atoms with van der Waals surface area (Å²) in [5, 5.41) is 6.72. The van der Waals surface area contributed by atoms with E-state index in [0.29, 0.717) is 18.7 Å². The van der Waals surface area contributed by atoms with Gasteiger partial charge in [-0.2, -0.15) is 0 Å². The van der Waals surface area contributed by atoms with Crippen molar-refractivity contribution in [3.63, 3.8) is 0 Å². The van der Waals surface area contributed by atoms with Gasteiger partial charge in [0.15, 0.2) is 0 Å². The van der Waals surface area contributed by atoms with Crippen molar-refractivity contribution >= 4 is 51.8 Å². The Morgan fingerprint density at radius 2 is 1.81 bits per heavy atom. The highest BCUT2D eigenvalue weighted by Crippen LogP contribution is 2.26. The van der Waals surface area contributed by atoms with Crippen molar-refractivity contribution in [3.05, 3.63) is 51.4 Å². The molecule has 1 aromatic heterocycles. The zero-order valence-electron chi connectivity index (χ0n) is 16.9. The number of halogens is 1. The van der Waals surface area contributed by atoms with Crippen LogP contribution in [0.25, 0.3) is 0 Å². The Bertz CT molecular complexity index is 1000. The topological polar surface area (TPSA) is 105 Å². The van der Waals surface area contributed by atoms with E-state index in [9.17, 15) is 19.2 Å². The molecule has 3 rings (SSSR count). The number of alkyl carbamates (subject to hydrolysis) is 1. The molecule has 10 heteroatoms. The smallest absolute Gasteiger partial charge is 0.414 e. The van der Waals surface area contributed by atoms with Crippen molar-refractivity contribution < 1.29 is 23.9 Å². The Hall–Kier alpha value is -2.91. The summed E-state index contributed by atoms with van der Waals surface area (Å²) in [5.74, 6) is -1.33. The summed E-state index contributed by atoms with van der Waals surface area (Å²) in [5.41, 5.74) is 0.718. The first-order valence-corrected chi connectivity index (χ1v) is 11.1. The quantitative estimate of drug-likeness (QED) is 0.692. The van der Waals surface area contributed by atoms with Crippen LogP contribution in [0.3, 0.4) is 0 Å². The summed E-state index contributed by atoms with van der Waals surface area (Å²) in [4.78, 5) is 50.8. The van der Waals surface area contributed by atoms with Crippen molar-refractivity contribution in [2.45, 2.75) is 26.2 Å². The van der Waals surface area contributed by atoms with E-state index in [4.69, 9.17) is 11.6 Å². The molecule has 2 aromatic rings. The number of amides is 4. The molecule has 1 fully saturated rings. The van der Waals surface area contributed by atoms with E-state index in [1.54, 1.807) is 23.3 Å². The number of anilines is 1. The third kappa shape index (κ3) is 5.62. The van der Waals surface area contributed by atoms with Crippen LogP contribution in [0.1, 0.15) is 57.3 Å². The number of imide groups is 1. The maximum atomic E-state index is 12.7. The molecular weight excluding hydrogens is 442 g/mol. The van der Waals surface area contributed by atoms with Crippen LogP contribution in [-0.4, -0.2) is 48.4 Å². The van der Waals surface area contributed by atoms with Gasteiger partial charge in [0.05, 0.1) is 22.8 Å². The van der Waals surface area contributed by atoms with Gasteiger partial charge in [-0.05, 0) is 55.8 Å². The number of nitrogens with one attached hydrogen (secondary N) is 2. The van der Waals surface area contributed by atoms with Gasteiger partial charge in [-0.15, -0.1) is 11.3 Å². The van der Waals surface area contributed by atoms with Crippen molar-refractivity contribution in [2.24, 2.45) is 0 Å². The Balaban J connectivity index is 1.70. The minimum absolute atomic E-state index is 0.107. The van der Waals surface area contributed by atoms with Gasteiger partial charge in [-0.25, -0.2) is 4.79 Å². The molecule has 0 radical (unpaired) electrons. The van der Waals surface area contributed by atoms with Crippen LogP contribution >= 0.6 is 22.9 Å². The lowest BCUT2D eigenvalue weighted by Crippen LogP contribution is -2.35. The Labute approximate surface area is 188 Å².